The number of pyridine rings is 1. The van der Waals surface area contributed by atoms with Gasteiger partial charge in [-0.25, -0.2) is 0 Å². The fourth-order valence-electron chi connectivity index (χ4n) is 2.08. The Balaban J connectivity index is 1.71. The Morgan fingerprint density at radius 2 is 1.95 bits per heavy atom. The van der Waals surface area contributed by atoms with Gasteiger partial charge in [-0.05, 0) is 43.3 Å². The fourth-order valence-corrected chi connectivity index (χ4v) is 2.08. The summed E-state index contributed by atoms with van der Waals surface area (Å²) in [6.45, 7) is 2.45. The Labute approximate surface area is 125 Å². The van der Waals surface area contributed by atoms with E-state index in [2.05, 4.69) is 23.0 Å². The first-order valence-electron chi connectivity index (χ1n) is 6.99. The van der Waals surface area contributed by atoms with E-state index in [-0.39, 0.29) is 0 Å². The summed E-state index contributed by atoms with van der Waals surface area (Å²) in [5, 5.41) is 8.98. The van der Waals surface area contributed by atoms with Crippen LogP contribution in [0.25, 0.3) is 0 Å². The Kier molecular flexibility index (Phi) is 5.74. The SMILES string of the molecule is CN(CCCOc1ccccc1C#N)Cc1ccncc1. The van der Waals surface area contributed by atoms with Crippen molar-refractivity contribution in [2.45, 2.75) is 13.0 Å². The molecular formula is C17H19N3O. The second kappa shape index (κ2) is 8.03. The molecule has 0 bridgehead atoms. The monoisotopic (exact) mass is 281 g/mol. The van der Waals surface area contributed by atoms with E-state index in [0.29, 0.717) is 17.9 Å². The van der Waals surface area contributed by atoms with E-state index >= 15 is 0 Å². The highest BCUT2D eigenvalue weighted by Crippen LogP contribution is 2.16. The van der Waals surface area contributed by atoms with Gasteiger partial charge in [0, 0.05) is 25.5 Å². The van der Waals surface area contributed by atoms with Crippen molar-refractivity contribution in [3.63, 3.8) is 0 Å². The molecule has 1 aromatic heterocycles. The third kappa shape index (κ3) is 4.90. The van der Waals surface area contributed by atoms with Gasteiger partial charge in [-0.15, -0.1) is 0 Å². The minimum atomic E-state index is 0.586. The Morgan fingerprint density at radius 3 is 2.71 bits per heavy atom. The molecule has 2 rings (SSSR count). The van der Waals surface area contributed by atoms with Gasteiger partial charge < -0.3 is 9.64 Å². The molecule has 108 valence electrons. The van der Waals surface area contributed by atoms with Crippen LogP contribution in [0.2, 0.25) is 0 Å². The summed E-state index contributed by atoms with van der Waals surface area (Å²) in [5.74, 6) is 0.664. The normalized spacial score (nSPS) is 10.3. The highest BCUT2D eigenvalue weighted by atomic mass is 16.5. The van der Waals surface area contributed by atoms with E-state index in [1.165, 1.54) is 5.56 Å². The van der Waals surface area contributed by atoms with Gasteiger partial charge in [-0.1, -0.05) is 12.1 Å². The summed E-state index contributed by atoms with van der Waals surface area (Å²) in [7, 11) is 2.09. The van der Waals surface area contributed by atoms with Gasteiger partial charge in [0.1, 0.15) is 11.8 Å². The van der Waals surface area contributed by atoms with Crippen molar-refractivity contribution in [2.24, 2.45) is 0 Å². The number of aromatic nitrogens is 1. The zero-order chi connectivity index (χ0) is 14.9. The highest BCUT2D eigenvalue weighted by molar-refractivity contribution is 5.42. The lowest BCUT2D eigenvalue weighted by molar-refractivity contribution is 0.258. The number of nitrogens with zero attached hydrogens (tertiary/aromatic N) is 3. The smallest absolute Gasteiger partial charge is 0.137 e. The largest absolute Gasteiger partial charge is 0.492 e. The molecule has 4 nitrogen and oxygen atoms in total. The summed E-state index contributed by atoms with van der Waals surface area (Å²) < 4.78 is 5.67. The third-order valence-electron chi connectivity index (χ3n) is 3.15. The number of rotatable bonds is 7. The van der Waals surface area contributed by atoms with E-state index in [9.17, 15) is 0 Å². The molecule has 0 aliphatic heterocycles. The van der Waals surface area contributed by atoms with Crippen LogP contribution in [0.1, 0.15) is 17.5 Å². The predicted molar refractivity (Wildman–Crippen MR) is 81.8 cm³/mol. The molecule has 0 aliphatic carbocycles. The molecule has 0 saturated heterocycles. The maximum Gasteiger partial charge on any atom is 0.137 e. The zero-order valence-electron chi connectivity index (χ0n) is 12.2. The minimum absolute atomic E-state index is 0.586. The molecule has 0 saturated carbocycles. The predicted octanol–water partition coefficient (Wildman–Crippen LogP) is 2.85. The van der Waals surface area contributed by atoms with Crippen molar-refractivity contribution in [3.8, 4) is 11.8 Å². The first kappa shape index (κ1) is 15.0. The summed E-state index contributed by atoms with van der Waals surface area (Å²) in [6, 6.07) is 13.5. The van der Waals surface area contributed by atoms with Crippen LogP contribution in [0, 0.1) is 11.3 Å². The van der Waals surface area contributed by atoms with Crippen molar-refractivity contribution in [1.29, 1.82) is 5.26 Å². The molecule has 0 aliphatic rings. The molecule has 2 aromatic rings. The van der Waals surface area contributed by atoms with E-state index < -0.39 is 0 Å². The highest BCUT2D eigenvalue weighted by Gasteiger charge is 2.03. The van der Waals surface area contributed by atoms with Crippen LogP contribution in [-0.4, -0.2) is 30.1 Å². The molecular weight excluding hydrogens is 262 g/mol. The molecule has 21 heavy (non-hydrogen) atoms. The third-order valence-corrected chi connectivity index (χ3v) is 3.15. The minimum Gasteiger partial charge on any atom is -0.492 e. The van der Waals surface area contributed by atoms with Gasteiger partial charge in [0.2, 0.25) is 0 Å². The van der Waals surface area contributed by atoms with Crippen LogP contribution in [0.5, 0.6) is 5.75 Å². The quantitative estimate of drug-likeness (QED) is 0.732. The number of nitriles is 1. The van der Waals surface area contributed by atoms with Gasteiger partial charge in [0.25, 0.3) is 0 Å². The number of benzene rings is 1. The van der Waals surface area contributed by atoms with Crippen LogP contribution in [0.3, 0.4) is 0 Å². The standard InChI is InChI=1S/C17H19N3O/c1-20(14-15-7-9-19-10-8-15)11-4-12-21-17-6-3-2-5-16(17)13-18/h2-3,5-10H,4,11-12,14H2,1H3. The maximum absolute atomic E-state index is 8.98. The van der Waals surface area contributed by atoms with Crippen molar-refractivity contribution in [2.75, 3.05) is 20.2 Å². The lowest BCUT2D eigenvalue weighted by Gasteiger charge is -2.16. The lowest BCUT2D eigenvalue weighted by Crippen LogP contribution is -2.20. The van der Waals surface area contributed by atoms with E-state index in [1.54, 1.807) is 6.07 Å². The number of para-hydroxylation sites is 1. The Morgan fingerprint density at radius 1 is 1.19 bits per heavy atom. The average molecular weight is 281 g/mol. The molecule has 0 fully saturated rings. The number of ether oxygens (including phenoxy) is 1. The van der Waals surface area contributed by atoms with Crippen molar-refractivity contribution in [1.82, 2.24) is 9.88 Å². The Bertz CT molecular complexity index is 592. The van der Waals surface area contributed by atoms with E-state index in [4.69, 9.17) is 10.00 Å². The topological polar surface area (TPSA) is 49.1 Å². The van der Waals surface area contributed by atoms with Crippen LogP contribution >= 0.6 is 0 Å². The number of hydrogen-bond donors (Lipinski definition) is 0. The zero-order valence-corrected chi connectivity index (χ0v) is 12.2. The summed E-state index contributed by atoms with van der Waals surface area (Å²) in [6.07, 6.45) is 4.54. The average Bonchev–Trinajstić information content (AvgIpc) is 2.53. The molecule has 4 heteroatoms. The van der Waals surface area contributed by atoms with E-state index in [0.717, 1.165) is 19.5 Å². The molecule has 1 heterocycles. The second-order valence-electron chi connectivity index (χ2n) is 4.90. The Hall–Kier alpha value is -2.38. The van der Waals surface area contributed by atoms with Crippen LogP contribution in [-0.2, 0) is 6.54 Å². The van der Waals surface area contributed by atoms with Gasteiger partial charge in [0.15, 0.2) is 0 Å². The first-order valence-corrected chi connectivity index (χ1v) is 6.99. The van der Waals surface area contributed by atoms with E-state index in [1.807, 2.05) is 42.7 Å². The second-order valence-corrected chi connectivity index (χ2v) is 4.90. The summed E-state index contributed by atoms with van der Waals surface area (Å²) in [4.78, 5) is 6.26. The molecule has 0 unspecified atom stereocenters. The molecule has 0 radical (unpaired) electrons. The van der Waals surface area contributed by atoms with Crippen LogP contribution in [0.4, 0.5) is 0 Å². The maximum atomic E-state index is 8.98. The van der Waals surface area contributed by atoms with Gasteiger partial charge in [-0.2, -0.15) is 5.26 Å². The van der Waals surface area contributed by atoms with Crippen LogP contribution < -0.4 is 4.74 Å². The molecule has 0 atom stereocenters. The summed E-state index contributed by atoms with van der Waals surface area (Å²) >= 11 is 0. The van der Waals surface area contributed by atoms with Crippen molar-refractivity contribution in [3.05, 3.63) is 59.9 Å². The van der Waals surface area contributed by atoms with Gasteiger partial charge >= 0.3 is 0 Å². The molecule has 0 spiro atoms. The fraction of sp³-hybridized carbons (Fsp3) is 0.294. The van der Waals surface area contributed by atoms with Crippen molar-refractivity contribution < 1.29 is 4.74 Å². The summed E-state index contributed by atoms with van der Waals surface area (Å²) in [5.41, 5.74) is 1.84. The molecule has 1 aromatic carbocycles. The van der Waals surface area contributed by atoms with Gasteiger partial charge in [-0.3, -0.25) is 4.98 Å². The molecule has 0 amide bonds. The van der Waals surface area contributed by atoms with Crippen LogP contribution in [0.15, 0.2) is 48.8 Å². The van der Waals surface area contributed by atoms with Crippen molar-refractivity contribution >= 4 is 0 Å². The first-order chi connectivity index (χ1) is 10.3. The molecule has 0 N–H and O–H groups in total. The van der Waals surface area contributed by atoms with Gasteiger partial charge in [0.05, 0.1) is 12.2 Å². The lowest BCUT2D eigenvalue weighted by atomic mass is 10.2. The number of hydrogen-bond acceptors (Lipinski definition) is 4.